The zero-order valence-electron chi connectivity index (χ0n) is 8.22. The van der Waals surface area contributed by atoms with Crippen LogP contribution in [0.2, 0.25) is 0 Å². The molecule has 0 saturated carbocycles. The smallest absolute Gasteiger partial charge is 0.234 e. The Kier molecular flexibility index (Phi) is 2.51. The Morgan fingerprint density at radius 2 is 2.00 bits per heavy atom. The van der Waals surface area contributed by atoms with Gasteiger partial charge in [0.1, 0.15) is 0 Å². The van der Waals surface area contributed by atoms with Crippen molar-refractivity contribution in [2.45, 2.75) is 19.4 Å². The van der Waals surface area contributed by atoms with Crippen LogP contribution in [0.25, 0.3) is 0 Å². The van der Waals surface area contributed by atoms with Gasteiger partial charge in [-0.05, 0) is 0 Å². The van der Waals surface area contributed by atoms with Gasteiger partial charge in [-0.1, -0.05) is 0 Å². The molecule has 0 aliphatic carbocycles. The largest absolute Gasteiger partial charge is 0.329 e. The first kappa shape index (κ1) is 9.85. The van der Waals surface area contributed by atoms with E-state index in [1.165, 1.54) is 11.1 Å². The molecular weight excluding hydrogens is 196 g/mol. The fourth-order valence-corrected chi connectivity index (χ4v) is 1.59. The number of nitrogens with two attached hydrogens (primary N) is 1. The lowest BCUT2D eigenvalue weighted by atomic mass is 10.4. The average Bonchev–Trinajstić information content (AvgIpc) is 2.75. The van der Waals surface area contributed by atoms with Crippen LogP contribution in [0.4, 0.5) is 5.69 Å². The maximum atomic E-state index is 11.4. The molecule has 0 aromatic carbocycles. The molecule has 0 bridgehead atoms. The monoisotopic (exact) mass is 208 g/mol. The predicted octanol–water partition coefficient (Wildman–Crippen LogP) is -0.505. The summed E-state index contributed by atoms with van der Waals surface area (Å²) in [4.78, 5) is 24.0. The molecule has 0 radical (unpaired) electrons. The molecule has 1 aliphatic heterocycles. The van der Waals surface area contributed by atoms with Crippen LogP contribution in [0.15, 0.2) is 12.4 Å². The molecule has 1 aromatic rings. The minimum Gasteiger partial charge on any atom is -0.329 e. The molecule has 15 heavy (non-hydrogen) atoms. The van der Waals surface area contributed by atoms with Gasteiger partial charge in [-0.25, -0.2) is 4.90 Å². The molecule has 0 unspecified atom stereocenters. The Morgan fingerprint density at radius 3 is 2.60 bits per heavy atom. The first-order valence-corrected chi connectivity index (χ1v) is 4.80. The van der Waals surface area contributed by atoms with Gasteiger partial charge in [-0.15, -0.1) is 0 Å². The topological polar surface area (TPSA) is 81.2 Å². The highest BCUT2D eigenvalue weighted by Crippen LogP contribution is 2.21. The van der Waals surface area contributed by atoms with Crippen molar-refractivity contribution in [3.8, 4) is 0 Å². The van der Waals surface area contributed by atoms with Crippen LogP contribution in [0.1, 0.15) is 12.8 Å². The minimum atomic E-state index is -0.160. The van der Waals surface area contributed by atoms with Crippen LogP contribution in [-0.2, 0) is 16.1 Å². The number of carbonyl (C=O) groups excluding carboxylic acids is 2. The number of hydrogen-bond acceptors (Lipinski definition) is 4. The maximum absolute atomic E-state index is 11.4. The normalized spacial score (nSPS) is 16.5. The van der Waals surface area contributed by atoms with E-state index in [0.717, 1.165) is 0 Å². The van der Waals surface area contributed by atoms with E-state index in [1.54, 1.807) is 10.9 Å². The maximum Gasteiger partial charge on any atom is 0.234 e. The van der Waals surface area contributed by atoms with Gasteiger partial charge in [0.25, 0.3) is 0 Å². The first-order chi connectivity index (χ1) is 7.22. The number of nitrogens with zero attached hydrogens (tertiary/aromatic N) is 3. The summed E-state index contributed by atoms with van der Waals surface area (Å²) in [6, 6.07) is 0. The van der Waals surface area contributed by atoms with Crippen LogP contribution >= 0.6 is 0 Å². The van der Waals surface area contributed by atoms with Crippen molar-refractivity contribution in [1.82, 2.24) is 9.78 Å². The molecule has 2 heterocycles. The summed E-state index contributed by atoms with van der Waals surface area (Å²) >= 11 is 0. The number of hydrogen-bond donors (Lipinski definition) is 1. The number of anilines is 1. The Bertz CT molecular complexity index is 383. The zero-order valence-corrected chi connectivity index (χ0v) is 8.22. The fraction of sp³-hybridized carbons (Fsp3) is 0.444. The molecule has 1 aliphatic rings. The van der Waals surface area contributed by atoms with Crippen LogP contribution in [-0.4, -0.2) is 28.1 Å². The Balaban J connectivity index is 2.21. The molecule has 1 saturated heterocycles. The zero-order chi connectivity index (χ0) is 10.8. The number of amides is 2. The third-order valence-electron chi connectivity index (χ3n) is 2.29. The summed E-state index contributed by atoms with van der Waals surface area (Å²) in [6.07, 6.45) is 3.76. The summed E-state index contributed by atoms with van der Waals surface area (Å²) in [5, 5.41) is 4.01. The van der Waals surface area contributed by atoms with Gasteiger partial charge in [0.05, 0.1) is 18.4 Å². The van der Waals surface area contributed by atoms with Crippen molar-refractivity contribution in [3.63, 3.8) is 0 Å². The molecule has 0 atom stereocenters. The van der Waals surface area contributed by atoms with Crippen molar-refractivity contribution in [1.29, 1.82) is 0 Å². The third kappa shape index (κ3) is 1.75. The lowest BCUT2D eigenvalue weighted by molar-refractivity contribution is -0.121. The van der Waals surface area contributed by atoms with E-state index in [4.69, 9.17) is 5.73 Å². The van der Waals surface area contributed by atoms with E-state index in [1.807, 2.05) is 0 Å². The summed E-state index contributed by atoms with van der Waals surface area (Å²) < 4.78 is 1.62. The summed E-state index contributed by atoms with van der Waals surface area (Å²) in [5.74, 6) is -0.320. The highest BCUT2D eigenvalue weighted by molar-refractivity contribution is 6.19. The van der Waals surface area contributed by atoms with Crippen molar-refractivity contribution >= 4 is 17.5 Å². The second kappa shape index (κ2) is 3.82. The molecule has 2 rings (SSSR count). The predicted molar refractivity (Wildman–Crippen MR) is 53.0 cm³/mol. The Labute approximate surface area is 86.6 Å². The molecular formula is C9H12N4O2. The average molecular weight is 208 g/mol. The SMILES string of the molecule is NCCn1cc(N2C(=O)CCC2=O)cn1. The summed E-state index contributed by atoms with van der Waals surface area (Å²) in [6.45, 7) is 1.05. The second-order valence-corrected chi connectivity index (χ2v) is 3.37. The minimum absolute atomic E-state index is 0.160. The van der Waals surface area contributed by atoms with Gasteiger partial charge >= 0.3 is 0 Å². The van der Waals surface area contributed by atoms with Gasteiger partial charge in [-0.3, -0.25) is 14.3 Å². The fourth-order valence-electron chi connectivity index (χ4n) is 1.59. The van der Waals surface area contributed by atoms with Crippen LogP contribution in [0.3, 0.4) is 0 Å². The van der Waals surface area contributed by atoms with Crippen LogP contribution in [0.5, 0.6) is 0 Å². The molecule has 2 N–H and O–H groups in total. The molecule has 6 nitrogen and oxygen atoms in total. The Morgan fingerprint density at radius 1 is 1.33 bits per heavy atom. The van der Waals surface area contributed by atoms with Crippen molar-refractivity contribution in [3.05, 3.63) is 12.4 Å². The molecule has 1 aromatic heterocycles. The van der Waals surface area contributed by atoms with E-state index < -0.39 is 0 Å². The number of rotatable bonds is 3. The van der Waals surface area contributed by atoms with Crippen LogP contribution in [0, 0.1) is 0 Å². The van der Waals surface area contributed by atoms with Gasteiger partial charge in [0.15, 0.2) is 0 Å². The van der Waals surface area contributed by atoms with Gasteiger partial charge in [0.2, 0.25) is 11.8 Å². The number of imide groups is 1. The van der Waals surface area contributed by atoms with Crippen molar-refractivity contribution in [2.75, 3.05) is 11.4 Å². The lowest BCUT2D eigenvalue weighted by Gasteiger charge is -2.09. The molecule has 80 valence electrons. The molecule has 2 amide bonds. The summed E-state index contributed by atoms with van der Waals surface area (Å²) in [5.41, 5.74) is 5.91. The molecule has 0 spiro atoms. The lowest BCUT2D eigenvalue weighted by Crippen LogP contribution is -2.28. The van der Waals surface area contributed by atoms with Crippen LogP contribution < -0.4 is 10.6 Å². The van der Waals surface area contributed by atoms with E-state index in [2.05, 4.69) is 5.10 Å². The molecule has 6 heteroatoms. The highest BCUT2D eigenvalue weighted by Gasteiger charge is 2.30. The van der Waals surface area contributed by atoms with Gasteiger partial charge in [0, 0.05) is 25.6 Å². The third-order valence-corrected chi connectivity index (χ3v) is 2.29. The van der Waals surface area contributed by atoms with E-state index in [9.17, 15) is 9.59 Å². The van der Waals surface area contributed by atoms with Crippen molar-refractivity contribution < 1.29 is 9.59 Å². The standard InChI is InChI=1S/C9H12N4O2/c10-3-4-12-6-7(5-11-12)13-8(14)1-2-9(13)15/h5-6H,1-4,10H2. The molecule has 1 fully saturated rings. The highest BCUT2D eigenvalue weighted by atomic mass is 16.2. The second-order valence-electron chi connectivity index (χ2n) is 3.37. The quantitative estimate of drug-likeness (QED) is 0.679. The van der Waals surface area contributed by atoms with Crippen molar-refractivity contribution in [2.24, 2.45) is 5.73 Å². The number of carbonyl (C=O) groups is 2. The van der Waals surface area contributed by atoms with Gasteiger partial charge < -0.3 is 5.73 Å². The first-order valence-electron chi connectivity index (χ1n) is 4.80. The van der Waals surface area contributed by atoms with E-state index in [0.29, 0.717) is 31.6 Å². The Hall–Kier alpha value is -1.69. The van der Waals surface area contributed by atoms with Gasteiger partial charge in [-0.2, -0.15) is 5.10 Å². The van der Waals surface area contributed by atoms with E-state index in [-0.39, 0.29) is 11.8 Å². The number of aromatic nitrogens is 2. The van der Waals surface area contributed by atoms with E-state index >= 15 is 0 Å². The summed E-state index contributed by atoms with van der Waals surface area (Å²) in [7, 11) is 0.